The fourth-order valence-corrected chi connectivity index (χ4v) is 1.96. The molecule has 0 aliphatic heterocycles. The molecule has 1 aromatic rings. The summed E-state index contributed by atoms with van der Waals surface area (Å²) >= 11 is 5.54. The second-order valence-corrected chi connectivity index (χ2v) is 3.89. The Bertz CT molecular complexity index is 535. The van der Waals surface area contributed by atoms with Crippen molar-refractivity contribution in [3.8, 4) is 6.07 Å². The Labute approximate surface area is 112 Å². The van der Waals surface area contributed by atoms with Gasteiger partial charge >= 0.3 is 12.1 Å². The van der Waals surface area contributed by atoms with Crippen molar-refractivity contribution in [2.75, 3.05) is 7.11 Å². The fraction of sp³-hybridized carbons (Fsp3) is 0.333. The molecular formula is C12H9ClF3NO2. The number of nitrogens with zero attached hydrogens (tertiary/aromatic N) is 1. The van der Waals surface area contributed by atoms with Crippen LogP contribution >= 0.6 is 11.6 Å². The normalized spacial score (nSPS) is 10.9. The van der Waals surface area contributed by atoms with E-state index in [4.69, 9.17) is 16.9 Å². The number of hydrogen-bond donors (Lipinski definition) is 0. The summed E-state index contributed by atoms with van der Waals surface area (Å²) in [6.45, 7) is 0. The average molecular weight is 292 g/mol. The molecule has 0 aliphatic rings. The van der Waals surface area contributed by atoms with E-state index in [0.717, 1.165) is 13.2 Å². The van der Waals surface area contributed by atoms with Gasteiger partial charge in [0.15, 0.2) is 0 Å². The molecule has 19 heavy (non-hydrogen) atoms. The minimum Gasteiger partial charge on any atom is -0.469 e. The summed E-state index contributed by atoms with van der Waals surface area (Å²) in [6, 6.07) is 3.78. The van der Waals surface area contributed by atoms with Crippen molar-refractivity contribution in [3.63, 3.8) is 0 Å². The number of nitriles is 1. The Balaban J connectivity index is 3.46. The van der Waals surface area contributed by atoms with Crippen LogP contribution in [-0.4, -0.2) is 13.1 Å². The highest BCUT2D eigenvalue weighted by Crippen LogP contribution is 2.37. The van der Waals surface area contributed by atoms with Crippen LogP contribution < -0.4 is 0 Å². The summed E-state index contributed by atoms with van der Waals surface area (Å²) in [4.78, 5) is 11.2. The van der Waals surface area contributed by atoms with Gasteiger partial charge in [-0.3, -0.25) is 4.79 Å². The van der Waals surface area contributed by atoms with Crippen LogP contribution in [-0.2, 0) is 28.0 Å². The predicted octanol–water partition coefficient (Wildman–Crippen LogP) is 3.03. The molecule has 0 radical (unpaired) electrons. The maximum atomic E-state index is 13.0. The average Bonchev–Trinajstić information content (AvgIpc) is 2.36. The highest BCUT2D eigenvalue weighted by atomic mass is 35.5. The number of methoxy groups -OCH3 is 1. The van der Waals surface area contributed by atoms with E-state index in [2.05, 4.69) is 4.74 Å². The van der Waals surface area contributed by atoms with E-state index < -0.39 is 29.2 Å². The first-order valence-corrected chi connectivity index (χ1v) is 5.63. The Hall–Kier alpha value is -1.74. The van der Waals surface area contributed by atoms with E-state index in [1.807, 2.05) is 0 Å². The van der Waals surface area contributed by atoms with Crippen LogP contribution in [0, 0.1) is 11.3 Å². The third kappa shape index (κ3) is 3.38. The first-order valence-electron chi connectivity index (χ1n) is 5.10. The van der Waals surface area contributed by atoms with E-state index in [1.54, 1.807) is 0 Å². The number of hydrogen-bond acceptors (Lipinski definition) is 3. The van der Waals surface area contributed by atoms with E-state index in [-0.39, 0.29) is 17.5 Å². The minimum atomic E-state index is -4.71. The van der Waals surface area contributed by atoms with Gasteiger partial charge in [0.2, 0.25) is 0 Å². The molecule has 3 nitrogen and oxygen atoms in total. The van der Waals surface area contributed by atoms with Gasteiger partial charge < -0.3 is 4.74 Å². The molecule has 0 saturated carbocycles. The number of ether oxygens (including phenoxy) is 1. The summed E-state index contributed by atoms with van der Waals surface area (Å²) in [5.74, 6) is -1.12. The molecule has 0 aliphatic carbocycles. The van der Waals surface area contributed by atoms with Gasteiger partial charge in [-0.2, -0.15) is 18.4 Å². The quantitative estimate of drug-likeness (QED) is 0.635. The van der Waals surface area contributed by atoms with Crippen LogP contribution in [0.15, 0.2) is 12.1 Å². The molecule has 0 fully saturated rings. The van der Waals surface area contributed by atoms with Crippen LogP contribution in [0.1, 0.15) is 22.3 Å². The monoisotopic (exact) mass is 291 g/mol. The highest BCUT2D eigenvalue weighted by molar-refractivity contribution is 6.17. The SMILES string of the molecule is COC(=O)Cc1ccc(C#N)c(C(F)(F)F)c1CCl. The zero-order valence-corrected chi connectivity index (χ0v) is 10.6. The highest BCUT2D eigenvalue weighted by Gasteiger charge is 2.37. The van der Waals surface area contributed by atoms with Gasteiger partial charge in [-0.1, -0.05) is 6.07 Å². The summed E-state index contributed by atoms with van der Waals surface area (Å²) in [7, 11) is 1.14. The lowest BCUT2D eigenvalue weighted by Gasteiger charge is -2.16. The lowest BCUT2D eigenvalue weighted by Crippen LogP contribution is -2.15. The van der Waals surface area contributed by atoms with Crippen LogP contribution in [0.2, 0.25) is 0 Å². The molecule has 0 bridgehead atoms. The van der Waals surface area contributed by atoms with Gasteiger partial charge in [-0.15, -0.1) is 11.6 Å². The molecule has 0 saturated heterocycles. The zero-order chi connectivity index (χ0) is 14.6. The van der Waals surface area contributed by atoms with Crippen molar-refractivity contribution in [2.24, 2.45) is 0 Å². The summed E-state index contributed by atoms with van der Waals surface area (Å²) in [5.41, 5.74) is -1.77. The van der Waals surface area contributed by atoms with Gasteiger partial charge in [-0.05, 0) is 17.2 Å². The predicted molar refractivity (Wildman–Crippen MR) is 61.4 cm³/mol. The Morgan fingerprint density at radius 2 is 2.11 bits per heavy atom. The summed E-state index contributed by atoms with van der Waals surface area (Å²) in [6.07, 6.45) is -5.03. The topological polar surface area (TPSA) is 50.1 Å². The number of benzene rings is 1. The van der Waals surface area contributed by atoms with Crippen molar-refractivity contribution in [3.05, 3.63) is 34.4 Å². The molecule has 0 spiro atoms. The van der Waals surface area contributed by atoms with Crippen molar-refractivity contribution < 1.29 is 22.7 Å². The van der Waals surface area contributed by atoms with Gasteiger partial charge in [0.05, 0.1) is 30.7 Å². The molecule has 1 rings (SSSR count). The molecule has 0 N–H and O–H groups in total. The lowest BCUT2D eigenvalue weighted by atomic mass is 9.95. The number of alkyl halides is 4. The number of halogens is 4. The Kier molecular flexibility index (Phi) is 4.78. The molecule has 0 aromatic heterocycles. The van der Waals surface area contributed by atoms with Crippen LogP contribution in [0.3, 0.4) is 0 Å². The van der Waals surface area contributed by atoms with Gasteiger partial charge in [-0.25, -0.2) is 0 Å². The molecule has 0 unspecified atom stereocenters. The zero-order valence-electron chi connectivity index (χ0n) is 9.84. The van der Waals surface area contributed by atoms with Crippen molar-refractivity contribution >= 4 is 17.6 Å². The fourth-order valence-electron chi connectivity index (χ4n) is 1.65. The molecule has 7 heteroatoms. The van der Waals surface area contributed by atoms with Gasteiger partial charge in [0.25, 0.3) is 0 Å². The molecule has 0 heterocycles. The van der Waals surface area contributed by atoms with Crippen molar-refractivity contribution in [1.82, 2.24) is 0 Å². The molecule has 0 atom stereocenters. The van der Waals surface area contributed by atoms with Crippen LogP contribution in [0.25, 0.3) is 0 Å². The largest absolute Gasteiger partial charge is 0.469 e. The van der Waals surface area contributed by atoms with Crippen molar-refractivity contribution in [2.45, 2.75) is 18.5 Å². The minimum absolute atomic E-state index is 0.105. The summed E-state index contributed by atoms with van der Waals surface area (Å²) in [5, 5.41) is 8.74. The van der Waals surface area contributed by atoms with Crippen molar-refractivity contribution in [1.29, 1.82) is 5.26 Å². The third-order valence-electron chi connectivity index (χ3n) is 2.51. The molecule has 102 valence electrons. The lowest BCUT2D eigenvalue weighted by molar-refractivity contribution is -0.141. The molecule has 1 aromatic carbocycles. The number of carbonyl (C=O) groups is 1. The Morgan fingerprint density at radius 1 is 1.47 bits per heavy atom. The van der Waals surface area contributed by atoms with Gasteiger partial charge in [0, 0.05) is 5.88 Å². The summed E-state index contributed by atoms with van der Waals surface area (Å²) < 4.78 is 43.3. The van der Waals surface area contributed by atoms with Crippen LogP contribution in [0.5, 0.6) is 0 Å². The maximum absolute atomic E-state index is 13.0. The first-order chi connectivity index (χ1) is 8.85. The van der Waals surface area contributed by atoms with E-state index in [0.29, 0.717) is 0 Å². The maximum Gasteiger partial charge on any atom is 0.418 e. The first kappa shape index (κ1) is 15.3. The van der Waals surface area contributed by atoms with Crippen LogP contribution in [0.4, 0.5) is 13.2 Å². The number of carbonyl (C=O) groups excluding carboxylic acids is 1. The Morgan fingerprint density at radius 3 is 2.53 bits per heavy atom. The second-order valence-electron chi connectivity index (χ2n) is 3.62. The number of rotatable bonds is 3. The second kappa shape index (κ2) is 5.93. The number of esters is 1. The van der Waals surface area contributed by atoms with E-state index in [9.17, 15) is 18.0 Å². The third-order valence-corrected chi connectivity index (χ3v) is 2.78. The smallest absolute Gasteiger partial charge is 0.418 e. The van der Waals surface area contributed by atoms with E-state index >= 15 is 0 Å². The molecular weight excluding hydrogens is 283 g/mol. The van der Waals surface area contributed by atoms with Gasteiger partial charge in [0.1, 0.15) is 0 Å². The molecule has 0 amide bonds. The van der Waals surface area contributed by atoms with E-state index in [1.165, 1.54) is 12.1 Å². The standard InChI is InChI=1S/C12H9ClF3NO2/c1-19-10(18)4-7-2-3-8(6-17)11(9(7)5-13)12(14,15)16/h2-3H,4-5H2,1H3.